The van der Waals surface area contributed by atoms with Crippen LogP contribution in [0.4, 0.5) is 20.7 Å². The molecule has 140 valence electrons. The van der Waals surface area contributed by atoms with E-state index < -0.39 is 18.0 Å². The number of hydrogen-bond acceptors (Lipinski definition) is 7. The van der Waals surface area contributed by atoms with Gasteiger partial charge in [0.25, 0.3) is 0 Å². The maximum absolute atomic E-state index is 14.5. The number of carbonyl (C=O) groups excluding carboxylic acids is 1. The fourth-order valence-electron chi connectivity index (χ4n) is 2.81. The Hall–Kier alpha value is -3.40. The number of aromatic nitrogens is 3. The molecule has 9 nitrogen and oxygen atoms in total. The van der Waals surface area contributed by atoms with Crippen molar-refractivity contribution in [3.05, 3.63) is 54.6 Å². The van der Waals surface area contributed by atoms with E-state index >= 15 is 0 Å². The average molecular weight is 373 g/mol. The zero-order valence-electron chi connectivity index (χ0n) is 14.1. The first-order valence-corrected chi connectivity index (χ1v) is 8.20. The number of hydrogen-bond donors (Lipinski definition) is 2. The van der Waals surface area contributed by atoms with Crippen LogP contribution >= 0.6 is 0 Å². The van der Waals surface area contributed by atoms with Crippen molar-refractivity contribution in [1.29, 1.82) is 0 Å². The molecular weight excluding hydrogens is 357 g/mol. The van der Waals surface area contributed by atoms with Gasteiger partial charge >= 0.3 is 6.09 Å². The van der Waals surface area contributed by atoms with Crippen LogP contribution in [0.25, 0.3) is 5.69 Å². The first-order valence-electron chi connectivity index (χ1n) is 8.20. The molecule has 1 amide bonds. The number of anilines is 2. The molecule has 1 aliphatic rings. The van der Waals surface area contributed by atoms with E-state index in [1.165, 1.54) is 34.3 Å². The molecular formula is C17H16FN5O4. The van der Waals surface area contributed by atoms with Crippen LogP contribution in [0.1, 0.15) is 5.69 Å². The number of aliphatic hydroxyl groups is 1. The standard InChI is InChI=1S/C17H16FN5O4/c18-14-5-12(1-2-15(14)22-7-11(9-24)20-10-22)23-8-13(27-17(23)25)6-19-16-3-4-26-21-16/h1-5,7,10,13,24H,6,8-9H2,(H,19,21)/t13-/m0/s1. The van der Waals surface area contributed by atoms with Crippen molar-refractivity contribution < 1.29 is 23.6 Å². The molecule has 0 saturated carbocycles. The third-order valence-corrected chi connectivity index (χ3v) is 4.14. The third-order valence-electron chi connectivity index (χ3n) is 4.14. The first kappa shape index (κ1) is 17.0. The van der Waals surface area contributed by atoms with Crippen LogP contribution in [0.2, 0.25) is 0 Å². The Morgan fingerprint density at radius 2 is 2.26 bits per heavy atom. The lowest BCUT2D eigenvalue weighted by atomic mass is 10.2. The largest absolute Gasteiger partial charge is 0.442 e. The quantitative estimate of drug-likeness (QED) is 0.680. The number of benzene rings is 1. The zero-order chi connectivity index (χ0) is 18.8. The molecule has 3 aromatic rings. The van der Waals surface area contributed by atoms with Gasteiger partial charge in [-0.05, 0) is 18.2 Å². The summed E-state index contributed by atoms with van der Waals surface area (Å²) in [5.41, 5.74) is 1.10. The number of ether oxygens (including phenoxy) is 1. The summed E-state index contributed by atoms with van der Waals surface area (Å²) in [6, 6.07) is 6.09. The highest BCUT2D eigenvalue weighted by molar-refractivity contribution is 5.89. The topological polar surface area (TPSA) is 106 Å². The number of rotatable bonds is 6. The van der Waals surface area contributed by atoms with E-state index in [1.54, 1.807) is 18.2 Å². The zero-order valence-corrected chi connectivity index (χ0v) is 14.1. The van der Waals surface area contributed by atoms with Crippen molar-refractivity contribution in [3.8, 4) is 5.69 Å². The number of nitrogens with zero attached hydrogens (tertiary/aromatic N) is 4. The van der Waals surface area contributed by atoms with Gasteiger partial charge in [-0.2, -0.15) is 0 Å². The number of nitrogens with one attached hydrogen (secondary N) is 1. The summed E-state index contributed by atoms with van der Waals surface area (Å²) in [4.78, 5) is 17.5. The van der Waals surface area contributed by atoms with Gasteiger partial charge in [-0.15, -0.1) is 0 Å². The lowest BCUT2D eigenvalue weighted by Gasteiger charge is -2.14. The molecule has 1 atom stereocenters. The van der Waals surface area contributed by atoms with Gasteiger partial charge in [-0.1, -0.05) is 5.16 Å². The van der Waals surface area contributed by atoms with Crippen LogP contribution in [-0.4, -0.2) is 45.1 Å². The Labute approximate surface area is 153 Å². The fourth-order valence-corrected chi connectivity index (χ4v) is 2.81. The Morgan fingerprint density at radius 1 is 1.37 bits per heavy atom. The van der Waals surface area contributed by atoms with Crippen LogP contribution in [0.5, 0.6) is 0 Å². The summed E-state index contributed by atoms with van der Waals surface area (Å²) in [7, 11) is 0. The maximum atomic E-state index is 14.5. The lowest BCUT2D eigenvalue weighted by molar-refractivity contribution is 0.147. The summed E-state index contributed by atoms with van der Waals surface area (Å²) in [6.07, 6.45) is 3.44. The molecule has 27 heavy (non-hydrogen) atoms. The molecule has 0 radical (unpaired) electrons. The van der Waals surface area contributed by atoms with Crippen molar-refractivity contribution in [3.63, 3.8) is 0 Å². The van der Waals surface area contributed by atoms with Gasteiger partial charge in [0.2, 0.25) is 0 Å². The van der Waals surface area contributed by atoms with E-state index in [2.05, 4.69) is 15.5 Å². The van der Waals surface area contributed by atoms with Crippen LogP contribution < -0.4 is 10.2 Å². The van der Waals surface area contributed by atoms with Crippen LogP contribution in [0, 0.1) is 5.82 Å². The molecule has 1 aliphatic heterocycles. The smallest absolute Gasteiger partial charge is 0.414 e. The van der Waals surface area contributed by atoms with E-state index in [-0.39, 0.29) is 18.8 Å². The molecule has 4 rings (SSSR count). The number of cyclic esters (lactones) is 1. The molecule has 1 saturated heterocycles. The predicted octanol–water partition coefficient (Wildman–Crippen LogP) is 1.93. The number of imidazole rings is 1. The van der Waals surface area contributed by atoms with Crippen LogP contribution in [0.15, 0.2) is 47.6 Å². The summed E-state index contributed by atoms with van der Waals surface area (Å²) >= 11 is 0. The van der Waals surface area contributed by atoms with Crippen LogP contribution in [0.3, 0.4) is 0 Å². The summed E-state index contributed by atoms with van der Waals surface area (Å²) in [5.74, 6) is 0.0221. The van der Waals surface area contributed by atoms with E-state index in [0.29, 0.717) is 23.7 Å². The molecule has 1 aromatic carbocycles. The predicted molar refractivity (Wildman–Crippen MR) is 92.1 cm³/mol. The van der Waals surface area contributed by atoms with Gasteiger partial charge in [-0.3, -0.25) is 4.90 Å². The Kier molecular flexibility index (Phi) is 4.47. The minimum Gasteiger partial charge on any atom is -0.442 e. The van der Waals surface area contributed by atoms with Gasteiger partial charge in [0.15, 0.2) is 5.82 Å². The number of carbonyl (C=O) groups is 1. The molecule has 2 N–H and O–H groups in total. The highest BCUT2D eigenvalue weighted by Crippen LogP contribution is 2.25. The summed E-state index contributed by atoms with van der Waals surface area (Å²) in [5, 5.41) is 15.8. The molecule has 0 aliphatic carbocycles. The third kappa shape index (κ3) is 3.47. The summed E-state index contributed by atoms with van der Waals surface area (Å²) < 4.78 is 26.0. The van der Waals surface area contributed by atoms with E-state index in [0.717, 1.165) is 0 Å². The Balaban J connectivity index is 1.46. The second kappa shape index (κ2) is 7.08. The molecule has 2 aromatic heterocycles. The summed E-state index contributed by atoms with van der Waals surface area (Å²) in [6.45, 7) is 0.409. The monoisotopic (exact) mass is 373 g/mol. The molecule has 0 spiro atoms. The van der Waals surface area contributed by atoms with E-state index in [9.17, 15) is 9.18 Å². The molecule has 10 heteroatoms. The van der Waals surface area contributed by atoms with Crippen molar-refractivity contribution in [1.82, 2.24) is 14.7 Å². The van der Waals surface area contributed by atoms with Gasteiger partial charge in [0.1, 0.15) is 18.2 Å². The van der Waals surface area contributed by atoms with E-state index in [1.807, 2.05) is 0 Å². The van der Waals surface area contributed by atoms with Crippen molar-refractivity contribution >= 4 is 17.6 Å². The fraction of sp³-hybridized carbons (Fsp3) is 0.235. The molecule has 0 unspecified atom stereocenters. The first-order chi connectivity index (χ1) is 13.1. The van der Waals surface area contributed by atoms with Crippen LogP contribution in [-0.2, 0) is 11.3 Å². The van der Waals surface area contributed by atoms with Crippen molar-refractivity contribution in [2.75, 3.05) is 23.3 Å². The molecule has 3 heterocycles. The van der Waals surface area contributed by atoms with Crippen molar-refractivity contribution in [2.45, 2.75) is 12.7 Å². The van der Waals surface area contributed by atoms with Gasteiger partial charge < -0.3 is 24.3 Å². The SMILES string of the molecule is O=C1O[C@@H](CNc2ccon2)CN1c1ccc(-n2cnc(CO)c2)c(F)c1. The maximum Gasteiger partial charge on any atom is 0.414 e. The highest BCUT2D eigenvalue weighted by atomic mass is 19.1. The molecule has 0 bridgehead atoms. The highest BCUT2D eigenvalue weighted by Gasteiger charge is 2.32. The Morgan fingerprint density at radius 3 is 2.96 bits per heavy atom. The Bertz CT molecular complexity index is 943. The van der Waals surface area contributed by atoms with E-state index in [4.69, 9.17) is 14.4 Å². The van der Waals surface area contributed by atoms with Gasteiger partial charge in [0.05, 0.1) is 43.1 Å². The molecule has 1 fully saturated rings. The normalized spacial score (nSPS) is 16.6. The second-order valence-electron chi connectivity index (χ2n) is 5.95. The van der Waals surface area contributed by atoms with Gasteiger partial charge in [-0.25, -0.2) is 14.2 Å². The average Bonchev–Trinajstić information content (AvgIpc) is 3.41. The number of aliphatic hydroxyl groups excluding tert-OH is 1. The van der Waals surface area contributed by atoms with Crippen molar-refractivity contribution in [2.24, 2.45) is 0 Å². The lowest BCUT2D eigenvalue weighted by Crippen LogP contribution is -2.27. The number of halogens is 1. The van der Waals surface area contributed by atoms with Gasteiger partial charge in [0, 0.05) is 12.3 Å². The second-order valence-corrected chi connectivity index (χ2v) is 5.95. The minimum absolute atomic E-state index is 0.226. The minimum atomic E-state index is -0.542. The number of amides is 1.